The monoisotopic (exact) mass is 250 g/mol. The van der Waals surface area contributed by atoms with Crippen LogP contribution in [0.2, 0.25) is 0 Å². The van der Waals surface area contributed by atoms with Crippen molar-refractivity contribution < 1.29 is 15.0 Å². The van der Waals surface area contributed by atoms with Crippen LogP contribution in [0.1, 0.15) is 39.0 Å². The molecule has 3 heteroatoms. The Morgan fingerprint density at radius 2 is 2.11 bits per heavy atom. The molecule has 4 atom stereocenters. The number of hydrogen-bond acceptors (Lipinski definition) is 2. The van der Waals surface area contributed by atoms with E-state index in [0.29, 0.717) is 6.42 Å². The number of fused-ring (bicyclic) bond motifs is 1. The molecule has 0 aromatic heterocycles. The molecule has 2 aliphatic rings. The van der Waals surface area contributed by atoms with Crippen LogP contribution in [0.3, 0.4) is 0 Å². The number of carbonyl (C=O) groups is 1. The zero-order valence-corrected chi connectivity index (χ0v) is 11.0. The van der Waals surface area contributed by atoms with Gasteiger partial charge in [0.05, 0.1) is 6.10 Å². The third-order valence-corrected chi connectivity index (χ3v) is 5.06. The highest BCUT2D eigenvalue weighted by Crippen LogP contribution is 2.54. The van der Waals surface area contributed by atoms with Crippen molar-refractivity contribution in [1.29, 1.82) is 0 Å². The second kappa shape index (κ2) is 4.54. The van der Waals surface area contributed by atoms with E-state index in [1.54, 1.807) is 0 Å². The van der Waals surface area contributed by atoms with Crippen molar-refractivity contribution in [1.82, 2.24) is 0 Å². The molecule has 2 N–H and O–H groups in total. The lowest BCUT2D eigenvalue weighted by molar-refractivity contribution is -0.134. The molecule has 18 heavy (non-hydrogen) atoms. The van der Waals surface area contributed by atoms with Crippen LogP contribution in [0.5, 0.6) is 0 Å². The smallest absolute Gasteiger partial charge is 0.331 e. The van der Waals surface area contributed by atoms with Crippen molar-refractivity contribution in [2.45, 2.75) is 45.1 Å². The lowest BCUT2D eigenvalue weighted by Gasteiger charge is -2.51. The highest BCUT2D eigenvalue weighted by molar-refractivity contribution is 5.86. The molecule has 2 aliphatic carbocycles. The van der Waals surface area contributed by atoms with E-state index in [0.717, 1.165) is 25.7 Å². The summed E-state index contributed by atoms with van der Waals surface area (Å²) in [5, 5.41) is 19.5. The van der Waals surface area contributed by atoms with E-state index >= 15 is 0 Å². The molecule has 0 aliphatic heterocycles. The van der Waals surface area contributed by atoms with Gasteiger partial charge in [0.15, 0.2) is 0 Å². The van der Waals surface area contributed by atoms with Gasteiger partial charge in [0.25, 0.3) is 0 Å². The first-order valence-electron chi connectivity index (χ1n) is 6.64. The SMILES string of the molecule is C=C(C(=O)O)[C@@H]1C[C@@H]2C(=C)CCC[C@@]2(C)[C@@H](O)C1. The van der Waals surface area contributed by atoms with E-state index in [9.17, 15) is 9.90 Å². The zero-order chi connectivity index (χ0) is 13.5. The van der Waals surface area contributed by atoms with Gasteiger partial charge in [0, 0.05) is 11.0 Å². The Balaban J connectivity index is 2.23. The van der Waals surface area contributed by atoms with Crippen molar-refractivity contribution >= 4 is 5.97 Å². The minimum Gasteiger partial charge on any atom is -0.478 e. The summed E-state index contributed by atoms with van der Waals surface area (Å²) in [4.78, 5) is 11.0. The molecule has 100 valence electrons. The third-order valence-electron chi connectivity index (χ3n) is 5.06. The maximum atomic E-state index is 11.0. The standard InChI is InChI=1S/C15H22O3/c1-9-5-4-6-15(3)12(9)7-11(8-13(15)16)10(2)14(17)18/h11-13,16H,1-2,4-8H2,3H3,(H,17,18)/t11-,12-,13+,15-/m1/s1. The Bertz CT molecular complexity index is 399. The zero-order valence-electron chi connectivity index (χ0n) is 11.0. The second-order valence-corrected chi connectivity index (χ2v) is 6.08. The number of rotatable bonds is 2. The Labute approximate surface area is 108 Å². The van der Waals surface area contributed by atoms with E-state index in [1.165, 1.54) is 5.57 Å². The first-order valence-corrected chi connectivity index (χ1v) is 6.64. The minimum atomic E-state index is -0.947. The Hall–Kier alpha value is -1.09. The van der Waals surface area contributed by atoms with Gasteiger partial charge < -0.3 is 10.2 Å². The van der Waals surface area contributed by atoms with Crippen LogP contribution in [0.25, 0.3) is 0 Å². The van der Waals surface area contributed by atoms with Gasteiger partial charge in [-0.05, 0) is 43.9 Å². The Morgan fingerprint density at radius 1 is 1.44 bits per heavy atom. The molecule has 0 heterocycles. The fourth-order valence-corrected chi connectivity index (χ4v) is 3.72. The molecule has 3 nitrogen and oxygen atoms in total. The van der Waals surface area contributed by atoms with Gasteiger partial charge in [-0.15, -0.1) is 0 Å². The molecule has 0 unspecified atom stereocenters. The summed E-state index contributed by atoms with van der Waals surface area (Å²) in [6, 6.07) is 0. The molecule has 0 aromatic carbocycles. The largest absolute Gasteiger partial charge is 0.478 e. The summed E-state index contributed by atoms with van der Waals surface area (Å²) >= 11 is 0. The summed E-state index contributed by atoms with van der Waals surface area (Å²) in [5.74, 6) is -0.834. The molecule has 2 rings (SSSR count). The van der Waals surface area contributed by atoms with E-state index in [2.05, 4.69) is 20.1 Å². The quantitative estimate of drug-likeness (QED) is 0.585. The van der Waals surface area contributed by atoms with Crippen LogP contribution in [0.15, 0.2) is 24.3 Å². The van der Waals surface area contributed by atoms with Crippen molar-refractivity contribution in [2.24, 2.45) is 17.3 Å². The molecule has 0 saturated heterocycles. The van der Waals surface area contributed by atoms with Crippen LogP contribution in [-0.4, -0.2) is 22.3 Å². The van der Waals surface area contributed by atoms with Gasteiger partial charge in [-0.1, -0.05) is 25.7 Å². The molecule has 0 bridgehead atoms. The van der Waals surface area contributed by atoms with Gasteiger partial charge in [0.2, 0.25) is 0 Å². The summed E-state index contributed by atoms with van der Waals surface area (Å²) in [6.07, 6.45) is 3.93. The van der Waals surface area contributed by atoms with Crippen LogP contribution in [0, 0.1) is 17.3 Å². The number of aliphatic hydroxyl groups excluding tert-OH is 1. The maximum absolute atomic E-state index is 11.0. The van der Waals surface area contributed by atoms with E-state index in [4.69, 9.17) is 5.11 Å². The van der Waals surface area contributed by atoms with E-state index < -0.39 is 12.1 Å². The number of hydrogen-bond donors (Lipinski definition) is 2. The number of carboxylic acid groups (broad SMARTS) is 1. The van der Waals surface area contributed by atoms with E-state index in [-0.39, 0.29) is 22.8 Å². The summed E-state index contributed by atoms with van der Waals surface area (Å²) in [7, 11) is 0. The number of aliphatic carboxylic acids is 1. The lowest BCUT2D eigenvalue weighted by atomic mass is 9.55. The van der Waals surface area contributed by atoms with Crippen LogP contribution in [-0.2, 0) is 4.79 Å². The first-order chi connectivity index (χ1) is 8.36. The molecule has 0 spiro atoms. The maximum Gasteiger partial charge on any atom is 0.331 e. The van der Waals surface area contributed by atoms with Gasteiger partial charge >= 0.3 is 5.97 Å². The van der Waals surface area contributed by atoms with Gasteiger partial charge in [-0.3, -0.25) is 0 Å². The van der Waals surface area contributed by atoms with Crippen LogP contribution < -0.4 is 0 Å². The summed E-state index contributed by atoms with van der Waals surface area (Å²) < 4.78 is 0. The summed E-state index contributed by atoms with van der Waals surface area (Å²) in [5.41, 5.74) is 1.28. The molecule has 0 aromatic rings. The van der Waals surface area contributed by atoms with Gasteiger partial charge in [-0.25, -0.2) is 4.79 Å². The van der Waals surface area contributed by atoms with Crippen molar-refractivity contribution in [2.75, 3.05) is 0 Å². The second-order valence-electron chi connectivity index (χ2n) is 6.08. The van der Waals surface area contributed by atoms with Gasteiger partial charge in [0.1, 0.15) is 0 Å². The normalized spacial score (nSPS) is 40.1. The molecule has 2 saturated carbocycles. The average molecular weight is 250 g/mol. The Kier molecular flexibility index (Phi) is 3.37. The molecular weight excluding hydrogens is 228 g/mol. The van der Waals surface area contributed by atoms with Crippen LogP contribution >= 0.6 is 0 Å². The molecule has 0 radical (unpaired) electrons. The predicted molar refractivity (Wildman–Crippen MR) is 70.1 cm³/mol. The number of allylic oxidation sites excluding steroid dienone is 1. The predicted octanol–water partition coefficient (Wildman–Crippen LogP) is 2.76. The molecule has 2 fully saturated rings. The van der Waals surface area contributed by atoms with Gasteiger partial charge in [-0.2, -0.15) is 0 Å². The van der Waals surface area contributed by atoms with Crippen molar-refractivity contribution in [3.63, 3.8) is 0 Å². The number of aliphatic hydroxyl groups is 1. The minimum absolute atomic E-state index is 0.120. The Morgan fingerprint density at radius 3 is 2.72 bits per heavy atom. The van der Waals surface area contributed by atoms with E-state index in [1.807, 2.05) is 0 Å². The van der Waals surface area contributed by atoms with Crippen molar-refractivity contribution in [3.8, 4) is 0 Å². The first kappa shape index (κ1) is 13.3. The topological polar surface area (TPSA) is 57.5 Å². The summed E-state index contributed by atoms with van der Waals surface area (Å²) in [6.45, 7) is 9.90. The fraction of sp³-hybridized carbons (Fsp3) is 0.667. The highest BCUT2D eigenvalue weighted by atomic mass is 16.4. The van der Waals surface area contributed by atoms with Crippen molar-refractivity contribution in [3.05, 3.63) is 24.3 Å². The number of carboxylic acids is 1. The lowest BCUT2D eigenvalue weighted by Crippen LogP contribution is -2.48. The highest BCUT2D eigenvalue weighted by Gasteiger charge is 2.49. The van der Waals surface area contributed by atoms with Crippen LogP contribution in [0.4, 0.5) is 0 Å². The average Bonchev–Trinajstić information content (AvgIpc) is 2.30. The fourth-order valence-electron chi connectivity index (χ4n) is 3.72. The molecular formula is C15H22O3. The molecule has 0 amide bonds. The third kappa shape index (κ3) is 2.01.